The number of methoxy groups -OCH3 is 1. The van der Waals surface area contributed by atoms with Crippen LogP contribution in [0.25, 0.3) is 0 Å². The minimum absolute atomic E-state index is 0.00523. The number of aromatic nitrogens is 1. The maximum Gasteiger partial charge on any atom is 0.228 e. The Morgan fingerprint density at radius 3 is 2.88 bits per heavy atom. The van der Waals surface area contributed by atoms with E-state index < -0.39 is 0 Å². The van der Waals surface area contributed by atoms with Crippen LogP contribution in [0.15, 0.2) is 48.0 Å². The van der Waals surface area contributed by atoms with Gasteiger partial charge in [-0.2, -0.15) is 0 Å². The van der Waals surface area contributed by atoms with Crippen LogP contribution in [0.1, 0.15) is 40.8 Å². The van der Waals surface area contributed by atoms with Gasteiger partial charge < -0.3 is 20.7 Å². The Labute approximate surface area is 203 Å². The molecule has 178 valence electrons. The zero-order valence-corrected chi connectivity index (χ0v) is 20.2. The smallest absolute Gasteiger partial charge is 0.228 e. The topological polar surface area (TPSA) is 97.5 Å². The van der Waals surface area contributed by atoms with Crippen molar-refractivity contribution in [3.8, 4) is 0 Å². The number of fused-ring (bicyclic) bond motifs is 1. The van der Waals surface area contributed by atoms with Crippen LogP contribution < -0.4 is 11.1 Å². The number of amides is 2. The molecule has 7 nitrogen and oxygen atoms in total. The van der Waals surface area contributed by atoms with Gasteiger partial charge >= 0.3 is 0 Å². The molecule has 2 aromatic heterocycles. The first-order chi connectivity index (χ1) is 16.6. The monoisotopic (exact) mass is 478 g/mol. The number of nitrogens with one attached hydrogen (secondary N) is 1. The average molecular weight is 479 g/mol. The van der Waals surface area contributed by atoms with Crippen LogP contribution in [0.2, 0.25) is 0 Å². The van der Waals surface area contributed by atoms with Crippen molar-refractivity contribution in [2.24, 2.45) is 17.6 Å². The van der Waals surface area contributed by atoms with Gasteiger partial charge in [-0.15, -0.1) is 11.3 Å². The predicted octanol–water partition coefficient (Wildman–Crippen LogP) is 3.55. The van der Waals surface area contributed by atoms with Crippen molar-refractivity contribution in [2.75, 3.05) is 19.0 Å². The molecular weight excluding hydrogens is 448 g/mol. The number of allylic oxidation sites excluding steroid dienone is 3. The second-order valence-corrected chi connectivity index (χ2v) is 10.2. The Morgan fingerprint density at radius 1 is 1.29 bits per heavy atom. The lowest BCUT2D eigenvalue weighted by atomic mass is 9.98. The summed E-state index contributed by atoms with van der Waals surface area (Å²) in [5.41, 5.74) is 10.6. The lowest BCUT2D eigenvalue weighted by Gasteiger charge is -2.27. The van der Waals surface area contributed by atoms with Crippen LogP contribution in [0, 0.1) is 11.8 Å². The van der Waals surface area contributed by atoms with E-state index in [1.165, 1.54) is 11.1 Å². The second-order valence-electron chi connectivity index (χ2n) is 9.12. The molecule has 3 heterocycles. The van der Waals surface area contributed by atoms with Crippen LogP contribution in [-0.4, -0.2) is 35.4 Å². The molecule has 3 N–H and O–H groups in total. The number of nitrogens with two attached hydrogens (primary N) is 1. The third kappa shape index (κ3) is 4.65. The number of thiophene rings is 1. The van der Waals surface area contributed by atoms with E-state index in [9.17, 15) is 9.59 Å². The van der Waals surface area contributed by atoms with Crippen molar-refractivity contribution >= 4 is 28.2 Å². The van der Waals surface area contributed by atoms with Crippen molar-refractivity contribution in [1.82, 2.24) is 9.88 Å². The van der Waals surface area contributed by atoms with Gasteiger partial charge in [0.25, 0.3) is 0 Å². The second kappa shape index (κ2) is 9.72. The van der Waals surface area contributed by atoms with Crippen molar-refractivity contribution in [3.05, 3.63) is 69.6 Å². The third-order valence-corrected chi connectivity index (χ3v) is 8.18. The molecule has 8 heteroatoms. The van der Waals surface area contributed by atoms with Crippen molar-refractivity contribution < 1.29 is 14.3 Å². The van der Waals surface area contributed by atoms with Gasteiger partial charge in [-0.25, -0.2) is 0 Å². The molecule has 2 unspecified atom stereocenters. The number of rotatable bonds is 7. The molecule has 2 aromatic rings. The SMILES string of the molecule is COC1=CCCC(C2CC2C(=O)Nc2sc3c(c2CN)CCN(C(=O)Cc2ccncc2)C3)=C1. The van der Waals surface area contributed by atoms with Crippen molar-refractivity contribution in [3.63, 3.8) is 0 Å². The van der Waals surface area contributed by atoms with E-state index in [1.54, 1.807) is 30.8 Å². The number of nitrogens with zero attached hydrogens (tertiary/aromatic N) is 2. The largest absolute Gasteiger partial charge is 0.497 e. The number of carbonyl (C=O) groups is 2. The minimum atomic E-state index is 0.00523. The highest BCUT2D eigenvalue weighted by Crippen LogP contribution is 2.48. The molecule has 1 fully saturated rings. The molecule has 1 aliphatic heterocycles. The molecule has 0 bridgehead atoms. The van der Waals surface area contributed by atoms with Gasteiger partial charge in [0.05, 0.1) is 20.1 Å². The number of hydrogen-bond donors (Lipinski definition) is 2. The summed E-state index contributed by atoms with van der Waals surface area (Å²) < 4.78 is 5.37. The van der Waals surface area contributed by atoms with Crippen LogP contribution in [0.3, 0.4) is 0 Å². The highest BCUT2D eigenvalue weighted by molar-refractivity contribution is 7.16. The fraction of sp³-hybridized carbons (Fsp3) is 0.423. The molecule has 3 aliphatic rings. The van der Waals surface area contributed by atoms with Crippen LogP contribution in [0.5, 0.6) is 0 Å². The summed E-state index contributed by atoms with van der Waals surface area (Å²) in [6.45, 7) is 1.62. The Bertz CT molecular complexity index is 1150. The van der Waals surface area contributed by atoms with E-state index in [2.05, 4.69) is 22.5 Å². The number of ether oxygens (including phenoxy) is 1. The lowest BCUT2D eigenvalue weighted by molar-refractivity contribution is -0.131. The molecular formula is C26H30N4O3S. The number of hydrogen-bond acceptors (Lipinski definition) is 6. The summed E-state index contributed by atoms with van der Waals surface area (Å²) in [6.07, 6.45) is 11.6. The molecule has 2 amide bonds. The fourth-order valence-corrected chi connectivity index (χ4v) is 6.31. The van der Waals surface area contributed by atoms with Crippen LogP contribution in [-0.2, 0) is 40.3 Å². The normalized spacial score (nSPS) is 21.3. The highest BCUT2D eigenvalue weighted by Gasteiger charge is 2.45. The Balaban J connectivity index is 1.24. The van der Waals surface area contributed by atoms with Gasteiger partial charge in [0, 0.05) is 41.8 Å². The maximum absolute atomic E-state index is 13.0. The summed E-state index contributed by atoms with van der Waals surface area (Å²) >= 11 is 1.57. The number of anilines is 1. The Hall–Kier alpha value is -2.97. The molecule has 0 saturated heterocycles. The summed E-state index contributed by atoms with van der Waals surface area (Å²) in [7, 11) is 1.68. The Kier molecular flexibility index (Phi) is 6.52. The Morgan fingerprint density at radius 2 is 2.12 bits per heavy atom. The van der Waals surface area contributed by atoms with Gasteiger partial charge in [0.2, 0.25) is 11.8 Å². The minimum Gasteiger partial charge on any atom is -0.497 e. The van der Waals surface area contributed by atoms with Gasteiger partial charge in [0.1, 0.15) is 10.8 Å². The van der Waals surface area contributed by atoms with Crippen molar-refractivity contribution in [2.45, 2.75) is 45.2 Å². The first-order valence-electron chi connectivity index (χ1n) is 11.8. The highest BCUT2D eigenvalue weighted by atomic mass is 32.1. The molecule has 5 rings (SSSR count). The molecule has 2 atom stereocenters. The molecule has 2 aliphatic carbocycles. The van der Waals surface area contributed by atoms with Gasteiger partial charge in [-0.3, -0.25) is 14.6 Å². The lowest BCUT2D eigenvalue weighted by Crippen LogP contribution is -2.36. The zero-order chi connectivity index (χ0) is 23.7. The fourth-order valence-electron chi connectivity index (χ4n) is 5.01. The number of pyridine rings is 1. The van der Waals surface area contributed by atoms with Crippen molar-refractivity contribution in [1.29, 1.82) is 0 Å². The standard InChI is InChI=1S/C26H30N4O3S/c1-33-18-4-2-3-17(12-18)20-13-21(20)25(32)29-26-22(14-27)19-7-10-30(15-23(19)34-26)24(31)11-16-5-8-28-9-6-16/h4-6,8-9,12,20-21H,2-3,7,10-11,13-15,27H2,1H3,(H,29,32). The van der Waals surface area contributed by atoms with Gasteiger partial charge in [-0.1, -0.05) is 5.57 Å². The molecule has 0 aromatic carbocycles. The summed E-state index contributed by atoms with van der Waals surface area (Å²) in [6, 6.07) is 3.75. The third-order valence-electron chi connectivity index (χ3n) is 7.01. The molecule has 34 heavy (non-hydrogen) atoms. The van der Waals surface area contributed by atoms with Gasteiger partial charge in [-0.05, 0) is 67.0 Å². The van der Waals surface area contributed by atoms with Crippen LogP contribution in [0.4, 0.5) is 5.00 Å². The maximum atomic E-state index is 13.0. The summed E-state index contributed by atoms with van der Waals surface area (Å²) in [5, 5.41) is 4.02. The zero-order valence-electron chi connectivity index (χ0n) is 19.4. The average Bonchev–Trinajstić information content (AvgIpc) is 3.60. The molecule has 0 radical (unpaired) electrons. The van der Waals surface area contributed by atoms with E-state index in [0.717, 1.165) is 52.4 Å². The predicted molar refractivity (Wildman–Crippen MR) is 132 cm³/mol. The van der Waals surface area contributed by atoms with Gasteiger partial charge in [0.15, 0.2) is 0 Å². The number of carbonyl (C=O) groups excluding carboxylic acids is 2. The van der Waals surface area contributed by atoms with E-state index in [4.69, 9.17) is 10.5 Å². The first-order valence-corrected chi connectivity index (χ1v) is 12.6. The van der Waals surface area contributed by atoms with E-state index in [1.807, 2.05) is 17.0 Å². The quantitative estimate of drug-likeness (QED) is 0.634. The summed E-state index contributed by atoms with van der Waals surface area (Å²) in [5.74, 6) is 1.38. The first kappa shape index (κ1) is 22.8. The van der Waals surface area contributed by atoms with E-state index in [0.29, 0.717) is 32.0 Å². The molecule has 0 spiro atoms. The van der Waals surface area contributed by atoms with Crippen LogP contribution >= 0.6 is 11.3 Å². The van der Waals surface area contributed by atoms with E-state index >= 15 is 0 Å². The van der Waals surface area contributed by atoms with E-state index in [-0.39, 0.29) is 17.7 Å². The molecule has 1 saturated carbocycles. The summed E-state index contributed by atoms with van der Waals surface area (Å²) in [4.78, 5) is 32.9.